The molecule has 1 saturated heterocycles. The van der Waals surface area contributed by atoms with E-state index in [2.05, 4.69) is 38.2 Å². The maximum atomic E-state index is 13.0. The Labute approximate surface area is 190 Å². The SMILES string of the molecule is CC(NC(=O)C1CCCN(S(=O)(=O)c2ccc(Cl)cc2)C1)c1ccc(C(C)(C)C)cc1. The summed E-state index contributed by atoms with van der Waals surface area (Å²) in [5, 5.41) is 3.55. The van der Waals surface area contributed by atoms with Crippen LogP contribution < -0.4 is 5.32 Å². The second-order valence-electron chi connectivity index (χ2n) is 9.26. The first kappa shape index (κ1) is 23.8. The van der Waals surface area contributed by atoms with Crippen LogP contribution in [0.25, 0.3) is 0 Å². The molecule has 1 aliphatic rings. The minimum absolute atomic E-state index is 0.0755. The van der Waals surface area contributed by atoms with Gasteiger partial charge in [0.15, 0.2) is 0 Å². The molecule has 0 aromatic heterocycles. The van der Waals surface area contributed by atoms with E-state index in [1.54, 1.807) is 12.1 Å². The van der Waals surface area contributed by atoms with Gasteiger partial charge in [-0.2, -0.15) is 4.31 Å². The third kappa shape index (κ3) is 5.68. The Morgan fingerprint density at radius 1 is 1.10 bits per heavy atom. The summed E-state index contributed by atoms with van der Waals surface area (Å²) in [4.78, 5) is 13.1. The summed E-state index contributed by atoms with van der Waals surface area (Å²) < 4.78 is 27.4. The van der Waals surface area contributed by atoms with E-state index in [1.165, 1.54) is 22.0 Å². The minimum Gasteiger partial charge on any atom is -0.349 e. The highest BCUT2D eigenvalue weighted by Crippen LogP contribution is 2.27. The van der Waals surface area contributed by atoms with E-state index in [1.807, 2.05) is 19.1 Å². The molecule has 1 aliphatic heterocycles. The van der Waals surface area contributed by atoms with E-state index in [-0.39, 0.29) is 34.7 Å². The van der Waals surface area contributed by atoms with Crippen LogP contribution in [-0.4, -0.2) is 31.7 Å². The number of carbonyl (C=O) groups is 1. The predicted octanol–water partition coefficient (Wildman–Crippen LogP) is 4.92. The lowest BCUT2D eigenvalue weighted by molar-refractivity contribution is -0.126. The van der Waals surface area contributed by atoms with Gasteiger partial charge in [-0.25, -0.2) is 8.42 Å². The first-order valence-corrected chi connectivity index (χ1v) is 12.5. The van der Waals surface area contributed by atoms with Gasteiger partial charge in [0.25, 0.3) is 0 Å². The van der Waals surface area contributed by atoms with Crippen LogP contribution in [0.4, 0.5) is 0 Å². The van der Waals surface area contributed by atoms with Crippen LogP contribution in [0.3, 0.4) is 0 Å². The molecule has 1 heterocycles. The van der Waals surface area contributed by atoms with Crippen LogP contribution in [0.15, 0.2) is 53.4 Å². The highest BCUT2D eigenvalue weighted by molar-refractivity contribution is 7.89. The van der Waals surface area contributed by atoms with Gasteiger partial charge in [0.1, 0.15) is 0 Å². The monoisotopic (exact) mass is 462 g/mol. The molecule has 0 saturated carbocycles. The Morgan fingerprint density at radius 2 is 1.71 bits per heavy atom. The smallest absolute Gasteiger partial charge is 0.243 e. The fourth-order valence-corrected chi connectivity index (χ4v) is 5.47. The van der Waals surface area contributed by atoms with E-state index in [0.29, 0.717) is 24.4 Å². The molecule has 2 aromatic rings. The molecule has 3 rings (SSSR count). The van der Waals surface area contributed by atoms with Crippen molar-refractivity contribution in [1.82, 2.24) is 9.62 Å². The number of nitrogens with zero attached hydrogens (tertiary/aromatic N) is 1. The summed E-state index contributed by atoms with van der Waals surface area (Å²) in [6.07, 6.45) is 1.33. The topological polar surface area (TPSA) is 66.5 Å². The lowest BCUT2D eigenvalue weighted by Crippen LogP contribution is -2.45. The summed E-state index contributed by atoms with van der Waals surface area (Å²) in [6, 6.07) is 14.3. The number of amides is 1. The standard InChI is InChI=1S/C24H31ClN2O3S/c1-17(18-7-9-20(10-8-18)24(2,3)4)26-23(28)19-6-5-15-27(16-19)31(29,30)22-13-11-21(25)12-14-22/h7-14,17,19H,5-6,15-16H2,1-4H3,(H,26,28). The van der Waals surface area contributed by atoms with E-state index in [0.717, 1.165) is 5.56 Å². The highest BCUT2D eigenvalue weighted by Gasteiger charge is 2.33. The van der Waals surface area contributed by atoms with Gasteiger partial charge in [0.2, 0.25) is 15.9 Å². The molecule has 31 heavy (non-hydrogen) atoms. The van der Waals surface area contributed by atoms with Crippen molar-refractivity contribution in [3.8, 4) is 0 Å². The molecule has 2 aromatic carbocycles. The molecule has 1 fully saturated rings. The van der Waals surface area contributed by atoms with Crippen LogP contribution in [0, 0.1) is 5.92 Å². The summed E-state index contributed by atoms with van der Waals surface area (Å²) in [5.74, 6) is -0.476. The Hall–Kier alpha value is -1.89. The maximum absolute atomic E-state index is 13.0. The molecule has 0 spiro atoms. The van der Waals surface area contributed by atoms with E-state index in [4.69, 9.17) is 11.6 Å². The van der Waals surface area contributed by atoms with Gasteiger partial charge < -0.3 is 5.32 Å². The van der Waals surface area contributed by atoms with Crippen molar-refractivity contribution < 1.29 is 13.2 Å². The molecule has 1 N–H and O–H groups in total. The van der Waals surface area contributed by atoms with Crippen LogP contribution in [-0.2, 0) is 20.2 Å². The minimum atomic E-state index is -3.65. The highest BCUT2D eigenvalue weighted by atomic mass is 35.5. The lowest BCUT2D eigenvalue weighted by Gasteiger charge is -2.32. The summed E-state index contributed by atoms with van der Waals surface area (Å²) in [7, 11) is -3.65. The van der Waals surface area contributed by atoms with Crippen molar-refractivity contribution in [3.63, 3.8) is 0 Å². The Bertz CT molecular complexity index is 1010. The molecular formula is C24H31ClN2O3S. The number of rotatable bonds is 5. The largest absolute Gasteiger partial charge is 0.349 e. The first-order chi connectivity index (χ1) is 14.5. The fraction of sp³-hybridized carbons (Fsp3) is 0.458. The Balaban J connectivity index is 1.66. The third-order valence-corrected chi connectivity index (χ3v) is 7.97. The maximum Gasteiger partial charge on any atom is 0.243 e. The van der Waals surface area contributed by atoms with Crippen LogP contribution in [0.1, 0.15) is 57.7 Å². The van der Waals surface area contributed by atoms with Crippen molar-refractivity contribution in [2.75, 3.05) is 13.1 Å². The van der Waals surface area contributed by atoms with Gasteiger partial charge in [0, 0.05) is 18.1 Å². The second-order valence-corrected chi connectivity index (χ2v) is 11.6. The molecule has 2 atom stereocenters. The van der Waals surface area contributed by atoms with Crippen molar-refractivity contribution >= 4 is 27.5 Å². The molecule has 2 unspecified atom stereocenters. The zero-order valence-corrected chi connectivity index (χ0v) is 20.1. The molecule has 1 amide bonds. The van der Waals surface area contributed by atoms with Crippen molar-refractivity contribution in [2.24, 2.45) is 5.92 Å². The third-order valence-electron chi connectivity index (χ3n) is 5.84. The van der Waals surface area contributed by atoms with Gasteiger partial charge in [-0.15, -0.1) is 0 Å². The zero-order valence-electron chi connectivity index (χ0n) is 18.6. The van der Waals surface area contributed by atoms with E-state index < -0.39 is 10.0 Å². The van der Waals surface area contributed by atoms with E-state index in [9.17, 15) is 13.2 Å². The number of carbonyl (C=O) groups excluding carboxylic acids is 1. The predicted molar refractivity (Wildman–Crippen MR) is 125 cm³/mol. The van der Waals surface area contributed by atoms with Crippen LogP contribution >= 0.6 is 11.6 Å². The number of piperidine rings is 1. The summed E-state index contributed by atoms with van der Waals surface area (Å²) >= 11 is 5.88. The number of hydrogen-bond donors (Lipinski definition) is 1. The lowest BCUT2D eigenvalue weighted by atomic mass is 9.86. The van der Waals surface area contributed by atoms with Gasteiger partial charge in [0.05, 0.1) is 16.9 Å². The molecule has 0 radical (unpaired) electrons. The number of halogens is 1. The molecule has 0 bridgehead atoms. The Morgan fingerprint density at radius 3 is 2.29 bits per heavy atom. The summed E-state index contributed by atoms with van der Waals surface area (Å²) in [6.45, 7) is 9.06. The normalized spacial score (nSPS) is 19.1. The Kier molecular flexibility index (Phi) is 7.14. The van der Waals surface area contributed by atoms with Gasteiger partial charge in [-0.05, 0) is 60.6 Å². The van der Waals surface area contributed by atoms with Crippen molar-refractivity contribution in [2.45, 2.75) is 56.9 Å². The van der Waals surface area contributed by atoms with Crippen LogP contribution in [0.5, 0.6) is 0 Å². The zero-order chi connectivity index (χ0) is 22.8. The summed E-state index contributed by atoms with van der Waals surface area (Å²) in [5.41, 5.74) is 2.35. The molecular weight excluding hydrogens is 432 g/mol. The first-order valence-electron chi connectivity index (χ1n) is 10.6. The van der Waals surface area contributed by atoms with Crippen LogP contribution in [0.2, 0.25) is 5.02 Å². The quantitative estimate of drug-likeness (QED) is 0.686. The average molecular weight is 463 g/mol. The number of nitrogens with one attached hydrogen (secondary N) is 1. The molecule has 7 heteroatoms. The van der Waals surface area contributed by atoms with Crippen molar-refractivity contribution in [3.05, 3.63) is 64.7 Å². The number of hydrogen-bond acceptors (Lipinski definition) is 3. The second kappa shape index (κ2) is 9.31. The van der Waals surface area contributed by atoms with Gasteiger partial charge in [-0.1, -0.05) is 56.6 Å². The average Bonchev–Trinajstić information content (AvgIpc) is 2.73. The van der Waals surface area contributed by atoms with Gasteiger partial charge in [-0.3, -0.25) is 4.79 Å². The number of benzene rings is 2. The molecule has 5 nitrogen and oxygen atoms in total. The fourth-order valence-electron chi connectivity index (χ4n) is 3.82. The van der Waals surface area contributed by atoms with Crippen molar-refractivity contribution in [1.29, 1.82) is 0 Å². The molecule has 0 aliphatic carbocycles. The van der Waals surface area contributed by atoms with E-state index >= 15 is 0 Å². The molecule has 168 valence electrons. The van der Waals surface area contributed by atoms with Gasteiger partial charge >= 0.3 is 0 Å². The number of sulfonamides is 1.